The first-order valence-electron chi connectivity index (χ1n) is 26.1. The fraction of sp³-hybridized carbons (Fsp3) is 0.667. The molecule has 0 N–H and O–H groups in total. The van der Waals surface area contributed by atoms with Crippen molar-refractivity contribution in [3.8, 4) is 0 Å². The van der Waals surface area contributed by atoms with Crippen molar-refractivity contribution in [2.75, 3.05) is 0 Å². The second-order valence-corrected chi connectivity index (χ2v) is 21.5. The van der Waals surface area contributed by atoms with Crippen LogP contribution in [0.3, 0.4) is 0 Å². The first kappa shape index (κ1) is 51.7. The van der Waals surface area contributed by atoms with Gasteiger partial charge in [0.05, 0.1) is 34.2 Å². The molecule has 1 aromatic heterocycles. The number of benzene rings is 2. The van der Waals surface area contributed by atoms with Gasteiger partial charge in [0.2, 0.25) is 0 Å². The van der Waals surface area contributed by atoms with Crippen molar-refractivity contribution in [2.45, 2.75) is 242 Å². The Morgan fingerprint density at radius 1 is 0.391 bits per heavy atom. The van der Waals surface area contributed by atoms with Crippen LogP contribution in [0.1, 0.15) is 287 Å². The van der Waals surface area contributed by atoms with E-state index in [0.29, 0.717) is 35.5 Å². The van der Waals surface area contributed by atoms with E-state index in [1.165, 1.54) is 204 Å². The van der Waals surface area contributed by atoms with Gasteiger partial charge in [0, 0.05) is 5.02 Å². The van der Waals surface area contributed by atoms with Crippen molar-refractivity contribution in [3.63, 3.8) is 0 Å². The van der Waals surface area contributed by atoms with Gasteiger partial charge in [-0.05, 0) is 172 Å². The summed E-state index contributed by atoms with van der Waals surface area (Å²) >= 11 is 7.12. The first-order valence-corrected chi connectivity index (χ1v) is 26.5. The van der Waals surface area contributed by atoms with E-state index < -0.39 is 0 Å². The maximum absolute atomic E-state index is 7.12. The average Bonchev–Trinajstić information content (AvgIpc) is 3.33. The summed E-state index contributed by atoms with van der Waals surface area (Å²) in [5, 5.41) is 0.726. The first-order chi connectivity index (χ1) is 30.0. The maximum atomic E-state index is 7.12. The fourth-order valence-electron chi connectivity index (χ4n) is 13.2. The summed E-state index contributed by atoms with van der Waals surface area (Å²) < 4.78 is 0. The standard InChI is InChI=1S/C57H78ClN3.2ClH.Fe/c1-39(59-56-50(43-25-13-5-14-26-43)33-47(41-21-9-3-10-22-41)34-51(56)44-27-15-6-16-28-44)54-37-49(58)38-55(61-54)40(2)60-57-52(45-29-17-7-18-30-45)35-48(42-23-11-4-12-24-42)36-53(57)46-31-19-8-20-32-46;;;/h33-38,41-46H,3-32H2,1-2H3;2*1H;/q;;;+2/p-2. The van der Waals surface area contributed by atoms with E-state index in [0.717, 1.165) is 27.8 Å². The van der Waals surface area contributed by atoms with Gasteiger partial charge in [-0.3, -0.25) is 9.98 Å². The molecule has 0 radical (unpaired) electrons. The van der Waals surface area contributed by atoms with Crippen LogP contribution in [0.25, 0.3) is 0 Å². The van der Waals surface area contributed by atoms with Crippen LogP contribution in [0.2, 0.25) is 5.02 Å². The maximum Gasteiger partial charge on any atom is 2.00 e. The van der Waals surface area contributed by atoms with Gasteiger partial charge in [-0.25, -0.2) is 4.98 Å². The molecule has 7 heteroatoms. The molecule has 3 nitrogen and oxygen atoms in total. The second-order valence-electron chi connectivity index (χ2n) is 21.1. The molecule has 350 valence electrons. The molecule has 0 spiro atoms. The molecular weight excluding hydrogens is 889 g/mol. The SMILES string of the molecule is CC(=Nc1c(C2CCCCC2)cc(C2CCCCC2)cc1C1CCCCC1)c1cc(Cl)cc(C(C)=Nc2c(C3CCCCC3)cc(C3CCCCC3)cc2C2CCCCC2)n1.[Cl-].[Cl-].[Fe+2]. The van der Waals surface area contributed by atoms with Gasteiger partial charge in [0.15, 0.2) is 0 Å². The van der Waals surface area contributed by atoms with E-state index >= 15 is 0 Å². The Hall–Kier alpha value is -1.68. The van der Waals surface area contributed by atoms with Crippen molar-refractivity contribution in [2.24, 2.45) is 9.98 Å². The summed E-state index contributed by atoms with van der Waals surface area (Å²) in [7, 11) is 0. The third-order valence-corrected chi connectivity index (χ3v) is 17.0. The number of rotatable bonds is 10. The van der Waals surface area contributed by atoms with Crippen molar-refractivity contribution in [3.05, 3.63) is 86.2 Å². The van der Waals surface area contributed by atoms with Crippen molar-refractivity contribution >= 4 is 34.4 Å². The predicted octanol–water partition coefficient (Wildman–Crippen LogP) is 12.3. The Labute approximate surface area is 416 Å². The van der Waals surface area contributed by atoms with Gasteiger partial charge in [-0.1, -0.05) is 151 Å². The monoisotopic (exact) mass is 965 g/mol. The Bertz CT molecular complexity index is 1790. The van der Waals surface area contributed by atoms with E-state index in [4.69, 9.17) is 26.6 Å². The minimum atomic E-state index is 0. The van der Waals surface area contributed by atoms with E-state index in [2.05, 4.69) is 50.2 Å². The van der Waals surface area contributed by atoms with Gasteiger partial charge in [-0.2, -0.15) is 0 Å². The zero-order chi connectivity index (χ0) is 41.5. The Morgan fingerprint density at radius 3 is 0.875 bits per heavy atom. The third-order valence-electron chi connectivity index (χ3n) is 16.8. The number of aromatic nitrogens is 1. The van der Waals surface area contributed by atoms with Gasteiger partial charge in [0.1, 0.15) is 0 Å². The fourth-order valence-corrected chi connectivity index (χ4v) is 13.4. The van der Waals surface area contributed by atoms with Crippen LogP contribution < -0.4 is 24.8 Å². The molecular formula is C57H78Cl3FeN3. The van der Waals surface area contributed by atoms with Gasteiger partial charge >= 0.3 is 17.1 Å². The molecule has 6 aliphatic carbocycles. The summed E-state index contributed by atoms with van der Waals surface area (Å²) in [5.74, 6) is 3.82. The zero-order valence-electron chi connectivity index (χ0n) is 39.5. The summed E-state index contributed by atoms with van der Waals surface area (Å²) in [5.41, 5.74) is 15.8. The molecule has 0 atom stereocenters. The van der Waals surface area contributed by atoms with E-state index in [1.807, 2.05) is 0 Å². The van der Waals surface area contributed by atoms with Crippen LogP contribution in [0, 0.1) is 0 Å². The van der Waals surface area contributed by atoms with Crippen LogP contribution in [0.5, 0.6) is 0 Å². The van der Waals surface area contributed by atoms with Gasteiger partial charge in [0.25, 0.3) is 0 Å². The molecule has 0 bridgehead atoms. The molecule has 3 aromatic rings. The molecule has 0 aliphatic heterocycles. The molecule has 0 amide bonds. The number of hydrogen-bond acceptors (Lipinski definition) is 3. The van der Waals surface area contributed by atoms with E-state index in [9.17, 15) is 0 Å². The number of halogens is 3. The zero-order valence-corrected chi connectivity index (χ0v) is 42.8. The number of pyridine rings is 1. The Balaban J connectivity index is 0.00000227. The second kappa shape index (κ2) is 25.1. The normalized spacial score (nSPS) is 22.0. The summed E-state index contributed by atoms with van der Waals surface area (Å²) in [4.78, 5) is 16.9. The smallest absolute Gasteiger partial charge is 1.00 e. The van der Waals surface area contributed by atoms with Crippen LogP contribution in [0.15, 0.2) is 46.4 Å². The number of nitrogens with zero attached hydrogens (tertiary/aromatic N) is 3. The Morgan fingerprint density at radius 2 is 0.625 bits per heavy atom. The molecule has 0 saturated heterocycles. The predicted molar refractivity (Wildman–Crippen MR) is 261 cm³/mol. The molecule has 0 unspecified atom stereocenters. The quantitative estimate of drug-likeness (QED) is 0.147. The topological polar surface area (TPSA) is 37.6 Å². The average molecular weight is 967 g/mol. The van der Waals surface area contributed by atoms with Crippen molar-refractivity contribution < 1.29 is 41.9 Å². The third kappa shape index (κ3) is 12.5. The van der Waals surface area contributed by atoms with Crippen LogP contribution >= 0.6 is 11.6 Å². The largest absolute Gasteiger partial charge is 2.00 e. The molecule has 2 aromatic carbocycles. The van der Waals surface area contributed by atoms with Crippen molar-refractivity contribution in [1.29, 1.82) is 0 Å². The molecule has 1 heterocycles. The molecule has 6 fully saturated rings. The minimum Gasteiger partial charge on any atom is -1.00 e. The van der Waals surface area contributed by atoms with Gasteiger partial charge < -0.3 is 24.8 Å². The summed E-state index contributed by atoms with van der Waals surface area (Å²) in [6, 6.07) is 14.8. The van der Waals surface area contributed by atoms with E-state index in [-0.39, 0.29) is 41.9 Å². The van der Waals surface area contributed by atoms with Crippen molar-refractivity contribution in [1.82, 2.24) is 4.98 Å². The Kier molecular flexibility index (Phi) is 20.3. The summed E-state index contributed by atoms with van der Waals surface area (Å²) in [6.07, 6.45) is 40.3. The number of hydrogen-bond donors (Lipinski definition) is 0. The van der Waals surface area contributed by atoms with E-state index in [1.54, 1.807) is 33.4 Å². The minimum absolute atomic E-state index is 0. The molecule has 64 heavy (non-hydrogen) atoms. The van der Waals surface area contributed by atoms with Crippen LogP contribution in [-0.4, -0.2) is 16.4 Å². The van der Waals surface area contributed by atoms with Crippen LogP contribution in [0.4, 0.5) is 11.4 Å². The van der Waals surface area contributed by atoms with Crippen LogP contribution in [-0.2, 0) is 17.1 Å². The molecule has 6 saturated carbocycles. The number of aliphatic imine (C=N–C) groups is 2. The van der Waals surface area contributed by atoms with Gasteiger partial charge in [-0.15, -0.1) is 0 Å². The molecule has 9 rings (SSSR count). The molecule has 6 aliphatic rings. The summed E-state index contributed by atoms with van der Waals surface area (Å²) in [6.45, 7) is 4.40.